The van der Waals surface area contributed by atoms with Crippen molar-refractivity contribution in [1.82, 2.24) is 4.90 Å². The smallest absolute Gasteiger partial charge is 0.197 e. The lowest BCUT2D eigenvalue weighted by Gasteiger charge is -2.22. The van der Waals surface area contributed by atoms with Crippen molar-refractivity contribution in [2.24, 2.45) is 0 Å². The Morgan fingerprint density at radius 3 is 2.62 bits per heavy atom. The molecule has 1 heterocycles. The summed E-state index contributed by atoms with van der Waals surface area (Å²) < 4.78 is 2.02. The van der Waals surface area contributed by atoms with Crippen molar-refractivity contribution >= 4 is 37.2 Å². The SMILES string of the molecule is CCN(CC)C[C@H](O)CNc1ccc(C)c2sc3ccccc3c(=O)c12. The van der Waals surface area contributed by atoms with Gasteiger partial charge in [0.2, 0.25) is 0 Å². The van der Waals surface area contributed by atoms with Crippen molar-refractivity contribution < 1.29 is 5.11 Å². The number of rotatable bonds is 7. The van der Waals surface area contributed by atoms with Crippen molar-refractivity contribution in [1.29, 1.82) is 0 Å². The van der Waals surface area contributed by atoms with Gasteiger partial charge in [-0.15, -0.1) is 11.3 Å². The zero-order valence-corrected chi connectivity index (χ0v) is 16.4. The number of likely N-dealkylation sites (N-methyl/N-ethyl adjacent to an activating group) is 1. The van der Waals surface area contributed by atoms with Crippen LogP contribution < -0.4 is 10.7 Å². The van der Waals surface area contributed by atoms with Crippen LogP contribution in [-0.2, 0) is 0 Å². The minimum atomic E-state index is -0.481. The summed E-state index contributed by atoms with van der Waals surface area (Å²) in [5, 5.41) is 15.1. The monoisotopic (exact) mass is 370 g/mol. The van der Waals surface area contributed by atoms with Crippen molar-refractivity contribution in [3.05, 3.63) is 52.2 Å². The zero-order valence-electron chi connectivity index (χ0n) is 15.6. The van der Waals surface area contributed by atoms with E-state index >= 15 is 0 Å². The highest BCUT2D eigenvalue weighted by atomic mass is 32.1. The Kier molecular flexibility index (Phi) is 5.91. The van der Waals surface area contributed by atoms with Gasteiger partial charge in [0.15, 0.2) is 5.43 Å². The molecule has 0 amide bonds. The molecule has 0 unspecified atom stereocenters. The summed E-state index contributed by atoms with van der Waals surface area (Å²) in [6.45, 7) is 9.09. The molecule has 2 N–H and O–H groups in total. The summed E-state index contributed by atoms with van der Waals surface area (Å²) in [5.41, 5.74) is 1.96. The predicted molar refractivity (Wildman–Crippen MR) is 113 cm³/mol. The molecule has 2 aromatic carbocycles. The molecule has 4 nitrogen and oxygen atoms in total. The first-order valence-corrected chi connectivity index (χ1v) is 9.96. The van der Waals surface area contributed by atoms with Crippen LogP contribution in [0.4, 0.5) is 5.69 Å². The molecule has 138 valence electrons. The average molecular weight is 371 g/mol. The van der Waals surface area contributed by atoms with Crippen LogP contribution in [-0.4, -0.2) is 42.3 Å². The molecule has 0 aliphatic rings. The van der Waals surface area contributed by atoms with E-state index in [-0.39, 0.29) is 5.43 Å². The maximum Gasteiger partial charge on any atom is 0.197 e. The van der Waals surface area contributed by atoms with Gasteiger partial charge in [-0.1, -0.05) is 32.0 Å². The lowest BCUT2D eigenvalue weighted by molar-refractivity contribution is 0.128. The molecule has 1 atom stereocenters. The fourth-order valence-corrected chi connectivity index (χ4v) is 4.42. The third kappa shape index (κ3) is 3.75. The second-order valence-electron chi connectivity index (χ2n) is 6.58. The van der Waals surface area contributed by atoms with E-state index < -0.39 is 6.10 Å². The Morgan fingerprint density at radius 1 is 1.15 bits per heavy atom. The van der Waals surface area contributed by atoms with E-state index in [2.05, 4.69) is 24.1 Å². The lowest BCUT2D eigenvalue weighted by atomic mass is 10.1. The van der Waals surface area contributed by atoms with Gasteiger partial charge in [-0.3, -0.25) is 4.79 Å². The highest BCUT2D eigenvalue weighted by Gasteiger charge is 2.14. The van der Waals surface area contributed by atoms with Gasteiger partial charge in [-0.2, -0.15) is 0 Å². The number of fused-ring (bicyclic) bond motifs is 2. The van der Waals surface area contributed by atoms with Gasteiger partial charge in [-0.25, -0.2) is 0 Å². The van der Waals surface area contributed by atoms with Gasteiger partial charge in [0.05, 0.1) is 11.5 Å². The topological polar surface area (TPSA) is 52.6 Å². The molecule has 0 saturated heterocycles. The van der Waals surface area contributed by atoms with Gasteiger partial charge in [0, 0.05) is 33.6 Å². The molecular weight excluding hydrogens is 344 g/mol. The summed E-state index contributed by atoms with van der Waals surface area (Å²) in [5.74, 6) is 0. The van der Waals surface area contributed by atoms with Crippen molar-refractivity contribution in [3.8, 4) is 0 Å². The summed E-state index contributed by atoms with van der Waals surface area (Å²) >= 11 is 1.65. The minimum Gasteiger partial charge on any atom is -0.390 e. The van der Waals surface area contributed by atoms with E-state index in [0.717, 1.165) is 44.5 Å². The quantitative estimate of drug-likeness (QED) is 0.621. The Bertz CT molecular complexity index is 963. The number of nitrogens with zero attached hydrogens (tertiary/aromatic N) is 1. The number of hydrogen-bond donors (Lipinski definition) is 2. The Morgan fingerprint density at radius 2 is 1.88 bits per heavy atom. The summed E-state index contributed by atoms with van der Waals surface area (Å²) in [4.78, 5) is 15.3. The van der Waals surface area contributed by atoms with Gasteiger partial charge in [0.25, 0.3) is 0 Å². The first kappa shape index (κ1) is 18.8. The van der Waals surface area contributed by atoms with Gasteiger partial charge in [-0.05, 0) is 43.8 Å². The number of anilines is 1. The molecule has 0 bridgehead atoms. The molecule has 1 aromatic heterocycles. The number of hydrogen-bond acceptors (Lipinski definition) is 5. The third-order valence-corrected chi connectivity index (χ3v) is 6.12. The van der Waals surface area contributed by atoms with E-state index in [4.69, 9.17) is 0 Å². The van der Waals surface area contributed by atoms with Crippen LogP contribution in [0, 0.1) is 6.92 Å². The molecule has 0 fully saturated rings. The van der Waals surface area contributed by atoms with Crippen LogP contribution in [0.15, 0.2) is 41.2 Å². The van der Waals surface area contributed by atoms with Crippen LogP contribution >= 0.6 is 11.3 Å². The molecule has 26 heavy (non-hydrogen) atoms. The summed E-state index contributed by atoms with van der Waals surface area (Å²) in [6.07, 6.45) is -0.481. The lowest BCUT2D eigenvalue weighted by Crippen LogP contribution is -2.36. The molecular formula is C21H26N2O2S. The van der Waals surface area contributed by atoms with Crippen LogP contribution in [0.2, 0.25) is 0 Å². The van der Waals surface area contributed by atoms with Gasteiger partial charge < -0.3 is 15.3 Å². The van der Waals surface area contributed by atoms with Crippen LogP contribution in [0.1, 0.15) is 19.4 Å². The number of aliphatic hydroxyl groups excluding tert-OH is 1. The maximum absolute atomic E-state index is 13.1. The normalized spacial score (nSPS) is 12.8. The van der Waals surface area contributed by atoms with E-state index in [1.165, 1.54) is 0 Å². The van der Waals surface area contributed by atoms with Gasteiger partial charge >= 0.3 is 0 Å². The Balaban J connectivity index is 1.95. The molecule has 3 rings (SSSR count). The van der Waals surface area contributed by atoms with E-state index in [1.54, 1.807) is 11.3 Å². The minimum absolute atomic E-state index is 0.0544. The molecule has 0 saturated carbocycles. The van der Waals surface area contributed by atoms with Gasteiger partial charge in [0.1, 0.15) is 0 Å². The molecule has 0 aliphatic carbocycles. The number of aryl methyl sites for hydroxylation is 1. The Hall–Kier alpha value is -1.95. The van der Waals surface area contributed by atoms with E-state index in [1.807, 2.05) is 43.3 Å². The Labute approximate surface area is 158 Å². The summed E-state index contributed by atoms with van der Waals surface area (Å²) in [7, 11) is 0. The van der Waals surface area contributed by atoms with Crippen molar-refractivity contribution in [2.75, 3.05) is 31.5 Å². The molecule has 3 aromatic rings. The predicted octanol–water partition coefficient (Wildman–Crippen LogP) is 3.84. The van der Waals surface area contributed by atoms with Crippen molar-refractivity contribution in [2.45, 2.75) is 26.9 Å². The van der Waals surface area contributed by atoms with Crippen LogP contribution in [0.3, 0.4) is 0 Å². The van der Waals surface area contributed by atoms with Crippen LogP contribution in [0.5, 0.6) is 0 Å². The number of aliphatic hydroxyl groups is 1. The second kappa shape index (κ2) is 8.16. The largest absolute Gasteiger partial charge is 0.390 e. The maximum atomic E-state index is 13.1. The van der Waals surface area contributed by atoms with Crippen LogP contribution in [0.25, 0.3) is 20.2 Å². The number of benzene rings is 2. The standard InChI is InChI=1S/C21H26N2O2S/c1-4-23(5-2)13-15(24)12-22-17-11-10-14(3)21-19(17)20(25)16-8-6-7-9-18(16)26-21/h6-11,15,22,24H,4-5,12-13H2,1-3H3/t15-/m1/s1. The molecule has 0 aliphatic heterocycles. The first-order valence-electron chi connectivity index (χ1n) is 9.14. The average Bonchev–Trinajstić information content (AvgIpc) is 2.66. The zero-order chi connectivity index (χ0) is 18.7. The highest BCUT2D eigenvalue weighted by Crippen LogP contribution is 2.31. The molecule has 0 radical (unpaired) electrons. The summed E-state index contributed by atoms with van der Waals surface area (Å²) in [6, 6.07) is 11.7. The first-order chi connectivity index (χ1) is 12.5. The third-order valence-electron chi connectivity index (χ3n) is 4.82. The van der Waals surface area contributed by atoms with E-state index in [0.29, 0.717) is 13.1 Å². The van der Waals surface area contributed by atoms with Crippen molar-refractivity contribution in [3.63, 3.8) is 0 Å². The highest BCUT2D eigenvalue weighted by molar-refractivity contribution is 7.24. The molecule has 5 heteroatoms. The second-order valence-corrected chi connectivity index (χ2v) is 7.63. The van der Waals surface area contributed by atoms with E-state index in [9.17, 15) is 9.90 Å². The number of nitrogens with one attached hydrogen (secondary N) is 1. The fraction of sp³-hybridized carbons (Fsp3) is 0.381. The fourth-order valence-electron chi connectivity index (χ4n) is 3.25. The molecule has 0 spiro atoms.